The van der Waals surface area contributed by atoms with Gasteiger partial charge in [0, 0.05) is 87.8 Å². The molecule has 0 radical (unpaired) electrons. The van der Waals surface area contributed by atoms with Crippen LogP contribution in [-0.4, -0.2) is 104 Å². The third kappa shape index (κ3) is 7.03. The van der Waals surface area contributed by atoms with Gasteiger partial charge in [0.2, 0.25) is 5.95 Å². The van der Waals surface area contributed by atoms with Crippen molar-refractivity contribution in [3.05, 3.63) is 42.2 Å². The van der Waals surface area contributed by atoms with Crippen LogP contribution in [-0.2, 0) is 11.3 Å². The fourth-order valence-corrected chi connectivity index (χ4v) is 6.69. The van der Waals surface area contributed by atoms with Gasteiger partial charge in [-0.2, -0.15) is 4.98 Å². The van der Waals surface area contributed by atoms with Crippen molar-refractivity contribution in [2.45, 2.75) is 90.1 Å². The van der Waals surface area contributed by atoms with Gasteiger partial charge < -0.3 is 24.6 Å². The summed E-state index contributed by atoms with van der Waals surface area (Å²) in [5.74, 6) is 0.675. The summed E-state index contributed by atoms with van der Waals surface area (Å²) in [6.07, 6.45) is 8.44. The van der Waals surface area contributed by atoms with Gasteiger partial charge in [0.15, 0.2) is 0 Å². The zero-order valence-electron chi connectivity index (χ0n) is 26.8. The van der Waals surface area contributed by atoms with Crippen LogP contribution in [0.1, 0.15) is 71.4 Å². The summed E-state index contributed by atoms with van der Waals surface area (Å²) in [5, 5.41) is 14.5. The van der Waals surface area contributed by atoms with Crippen molar-refractivity contribution in [2.75, 3.05) is 51.1 Å². The second-order valence-corrected chi connectivity index (χ2v) is 13.8. The van der Waals surface area contributed by atoms with Gasteiger partial charge in [-0.05, 0) is 64.0 Å². The van der Waals surface area contributed by atoms with Gasteiger partial charge >= 0.3 is 6.09 Å². The first-order valence-electron chi connectivity index (χ1n) is 16.5. The van der Waals surface area contributed by atoms with Crippen LogP contribution < -0.4 is 5.32 Å². The molecule has 0 bridgehead atoms. The van der Waals surface area contributed by atoms with E-state index in [4.69, 9.17) is 9.72 Å². The minimum absolute atomic E-state index is 0.188. The largest absolute Gasteiger partial charge is 0.444 e. The summed E-state index contributed by atoms with van der Waals surface area (Å²) in [4.78, 5) is 28.7. The van der Waals surface area contributed by atoms with Crippen molar-refractivity contribution in [3.8, 4) is 11.1 Å². The number of anilines is 1. The highest BCUT2D eigenvalue weighted by Gasteiger charge is 2.38. The molecule has 1 aromatic carbocycles. The number of fused-ring (bicyclic) bond motifs is 1. The number of nitrogens with one attached hydrogen (secondary N) is 1. The Bertz CT molecular complexity index is 1410. The number of hydrogen-bond donors (Lipinski definition) is 2. The zero-order valence-corrected chi connectivity index (χ0v) is 26.8. The van der Waals surface area contributed by atoms with Crippen molar-refractivity contribution in [3.63, 3.8) is 0 Å². The molecule has 4 heterocycles. The molecule has 2 saturated heterocycles. The summed E-state index contributed by atoms with van der Waals surface area (Å²) in [5.41, 5.74) is 4.17. The quantitative estimate of drug-likeness (QED) is 0.366. The average molecular weight is 604 g/mol. The number of aromatic nitrogens is 3. The summed E-state index contributed by atoms with van der Waals surface area (Å²) in [6, 6.07) is 9.75. The fraction of sp³-hybridized carbons (Fsp3) is 0.618. The Kier molecular flexibility index (Phi) is 9.12. The highest BCUT2D eigenvalue weighted by Crippen LogP contribution is 2.37. The van der Waals surface area contributed by atoms with Crippen molar-refractivity contribution < 1.29 is 14.6 Å². The minimum atomic E-state index is -0.449. The van der Waals surface area contributed by atoms with Gasteiger partial charge in [0.05, 0.1) is 6.10 Å². The molecule has 3 aromatic rings. The number of benzene rings is 1. The zero-order chi connectivity index (χ0) is 30.8. The normalized spacial score (nSPS) is 22.2. The Balaban J connectivity index is 1.08. The van der Waals surface area contributed by atoms with Gasteiger partial charge in [-0.15, -0.1) is 0 Å². The first-order chi connectivity index (χ1) is 21.2. The third-order valence-electron chi connectivity index (χ3n) is 9.27. The first-order valence-corrected chi connectivity index (χ1v) is 16.5. The Morgan fingerprint density at radius 1 is 1.02 bits per heavy atom. The third-order valence-corrected chi connectivity index (χ3v) is 9.27. The number of carbonyl (C=O) groups excluding carboxylic acids is 1. The molecule has 0 spiro atoms. The Morgan fingerprint density at radius 3 is 2.39 bits per heavy atom. The number of aliphatic hydroxyl groups excluding tert-OH is 1. The van der Waals surface area contributed by atoms with E-state index in [-0.39, 0.29) is 12.2 Å². The standard InChI is InChI=1S/C34H49N7O3/c1-5-14-35-32-36-19-29-30(23-41(31(29)37-32)26-10-12-28(42)13-11-26)25-8-6-24(7-9-25)20-38-15-17-39(18-16-38)27-21-40(22-27)33(43)44-34(2,3)4/h6-9,19,23,26-28,42H,5,10-18,20-22H2,1-4H3,(H,35,36,37). The molecule has 10 nitrogen and oxygen atoms in total. The molecule has 1 amide bonds. The summed E-state index contributed by atoms with van der Waals surface area (Å²) < 4.78 is 7.84. The molecule has 3 aliphatic rings. The molecule has 1 aliphatic carbocycles. The number of hydrogen-bond acceptors (Lipinski definition) is 8. The number of piperazine rings is 1. The van der Waals surface area contributed by atoms with E-state index in [1.54, 1.807) is 0 Å². The second kappa shape index (κ2) is 13.0. The lowest BCUT2D eigenvalue weighted by molar-refractivity contribution is -0.0252. The number of amides is 1. The van der Waals surface area contributed by atoms with Crippen LogP contribution in [0.3, 0.4) is 0 Å². The van der Waals surface area contributed by atoms with Crippen LogP contribution in [0.5, 0.6) is 0 Å². The van der Waals surface area contributed by atoms with Gasteiger partial charge in [0.1, 0.15) is 11.2 Å². The highest BCUT2D eigenvalue weighted by atomic mass is 16.6. The molecular weight excluding hydrogens is 554 g/mol. The van der Waals surface area contributed by atoms with Crippen molar-refractivity contribution >= 4 is 23.1 Å². The Morgan fingerprint density at radius 2 is 1.73 bits per heavy atom. The van der Waals surface area contributed by atoms with E-state index in [0.717, 1.165) is 101 Å². The van der Waals surface area contributed by atoms with E-state index in [1.165, 1.54) is 11.1 Å². The molecule has 1 saturated carbocycles. The molecule has 44 heavy (non-hydrogen) atoms. The minimum Gasteiger partial charge on any atom is -0.444 e. The van der Waals surface area contributed by atoms with Gasteiger partial charge in [0.25, 0.3) is 0 Å². The number of nitrogens with zero attached hydrogens (tertiary/aromatic N) is 6. The fourth-order valence-electron chi connectivity index (χ4n) is 6.69. The smallest absolute Gasteiger partial charge is 0.410 e. The lowest BCUT2D eigenvalue weighted by atomic mass is 9.93. The monoisotopic (exact) mass is 603 g/mol. The Labute approximate surface area is 261 Å². The molecule has 238 valence electrons. The lowest BCUT2D eigenvalue weighted by Gasteiger charge is -2.48. The van der Waals surface area contributed by atoms with Crippen LogP contribution >= 0.6 is 0 Å². The van der Waals surface area contributed by atoms with E-state index < -0.39 is 5.60 Å². The molecule has 2 aromatic heterocycles. The Hall–Kier alpha value is -3.21. The number of aliphatic hydroxyl groups is 1. The van der Waals surface area contributed by atoms with Crippen molar-refractivity contribution in [1.29, 1.82) is 0 Å². The van der Waals surface area contributed by atoms with Crippen LogP contribution in [0.25, 0.3) is 22.2 Å². The number of rotatable bonds is 8. The van der Waals surface area contributed by atoms with Gasteiger partial charge in [-0.1, -0.05) is 31.2 Å². The average Bonchev–Trinajstić information content (AvgIpc) is 3.35. The number of carbonyl (C=O) groups is 1. The molecule has 0 unspecified atom stereocenters. The van der Waals surface area contributed by atoms with Crippen LogP contribution in [0, 0.1) is 0 Å². The maximum atomic E-state index is 12.3. The highest BCUT2D eigenvalue weighted by molar-refractivity contribution is 5.94. The molecule has 2 aliphatic heterocycles. The first kappa shape index (κ1) is 30.8. The lowest BCUT2D eigenvalue weighted by Crippen LogP contribution is -2.64. The van der Waals surface area contributed by atoms with Crippen molar-refractivity contribution in [1.82, 2.24) is 29.2 Å². The van der Waals surface area contributed by atoms with Crippen LogP contribution in [0.2, 0.25) is 0 Å². The molecule has 3 fully saturated rings. The summed E-state index contributed by atoms with van der Waals surface area (Å²) in [6.45, 7) is 15.3. The number of likely N-dealkylation sites (tertiary alicyclic amines) is 1. The second-order valence-electron chi connectivity index (χ2n) is 13.8. The molecule has 10 heteroatoms. The van der Waals surface area contributed by atoms with E-state index in [9.17, 15) is 9.90 Å². The van der Waals surface area contributed by atoms with E-state index in [2.05, 4.69) is 62.1 Å². The molecular formula is C34H49N7O3. The summed E-state index contributed by atoms with van der Waals surface area (Å²) in [7, 11) is 0. The van der Waals surface area contributed by atoms with Crippen LogP contribution in [0.15, 0.2) is 36.7 Å². The van der Waals surface area contributed by atoms with Gasteiger partial charge in [-0.25, -0.2) is 9.78 Å². The number of ether oxygens (including phenoxy) is 1. The van der Waals surface area contributed by atoms with Crippen molar-refractivity contribution in [2.24, 2.45) is 0 Å². The predicted octanol–water partition coefficient (Wildman–Crippen LogP) is 5.13. The predicted molar refractivity (Wildman–Crippen MR) is 174 cm³/mol. The molecule has 6 rings (SSSR count). The SMILES string of the molecule is CCCNc1ncc2c(-c3ccc(CN4CCN(C5CN(C(=O)OC(C)(C)C)C5)CC4)cc3)cn(C3CCC(O)CC3)c2n1. The van der Waals surface area contributed by atoms with E-state index in [1.807, 2.05) is 31.9 Å². The topological polar surface area (TPSA) is 99.0 Å². The van der Waals surface area contributed by atoms with E-state index >= 15 is 0 Å². The maximum Gasteiger partial charge on any atom is 0.410 e. The van der Waals surface area contributed by atoms with E-state index in [0.29, 0.717) is 18.0 Å². The molecule has 2 N–H and O–H groups in total. The van der Waals surface area contributed by atoms with Gasteiger partial charge in [-0.3, -0.25) is 9.80 Å². The maximum absolute atomic E-state index is 12.3. The summed E-state index contributed by atoms with van der Waals surface area (Å²) >= 11 is 0. The molecule has 0 atom stereocenters. The van der Waals surface area contributed by atoms with Crippen LogP contribution in [0.4, 0.5) is 10.7 Å².